The molecule has 0 aliphatic carbocycles. The van der Waals surface area contributed by atoms with Gasteiger partial charge in [0.1, 0.15) is 5.82 Å². The maximum Gasteiger partial charge on any atom is 0.340 e. The summed E-state index contributed by atoms with van der Waals surface area (Å²) in [6.07, 6.45) is 2.45. The van der Waals surface area contributed by atoms with E-state index in [0.29, 0.717) is 23.7 Å². The maximum absolute atomic E-state index is 11.8. The SMILES string of the molecule is CCOC(=O)c1cc(Nc2ccc(CC)cc2)ncc1N. The number of nitrogens with two attached hydrogens (primary N) is 1. The molecule has 1 heterocycles. The van der Waals surface area contributed by atoms with Crippen LogP contribution in [0.3, 0.4) is 0 Å². The van der Waals surface area contributed by atoms with E-state index < -0.39 is 5.97 Å². The maximum atomic E-state index is 11.8. The molecule has 0 fully saturated rings. The van der Waals surface area contributed by atoms with Crippen LogP contribution in [-0.2, 0) is 11.2 Å². The van der Waals surface area contributed by atoms with Crippen LogP contribution in [0.4, 0.5) is 17.2 Å². The summed E-state index contributed by atoms with van der Waals surface area (Å²) in [5.41, 5.74) is 8.55. The summed E-state index contributed by atoms with van der Waals surface area (Å²) >= 11 is 0. The van der Waals surface area contributed by atoms with Gasteiger partial charge in [-0.05, 0) is 37.1 Å². The molecule has 2 rings (SSSR count). The van der Waals surface area contributed by atoms with Crippen molar-refractivity contribution in [2.45, 2.75) is 20.3 Å². The fourth-order valence-corrected chi connectivity index (χ4v) is 1.89. The number of pyridine rings is 1. The molecule has 1 aromatic heterocycles. The van der Waals surface area contributed by atoms with Crippen molar-refractivity contribution in [2.24, 2.45) is 0 Å². The standard InChI is InChI=1S/C16H19N3O2/c1-3-11-5-7-12(8-6-11)19-15-9-13(14(17)10-18-15)16(20)21-4-2/h5-10H,3-4,17H2,1-2H3,(H,18,19). The van der Waals surface area contributed by atoms with Crippen molar-refractivity contribution in [1.29, 1.82) is 0 Å². The van der Waals surface area contributed by atoms with E-state index in [2.05, 4.69) is 17.2 Å². The van der Waals surface area contributed by atoms with Gasteiger partial charge in [-0.3, -0.25) is 0 Å². The monoisotopic (exact) mass is 285 g/mol. The number of anilines is 3. The molecule has 0 saturated carbocycles. The largest absolute Gasteiger partial charge is 0.462 e. The first kappa shape index (κ1) is 14.8. The molecule has 0 bridgehead atoms. The molecule has 0 amide bonds. The zero-order valence-electron chi connectivity index (χ0n) is 12.2. The molecule has 0 spiro atoms. The van der Waals surface area contributed by atoms with E-state index in [-0.39, 0.29) is 0 Å². The zero-order chi connectivity index (χ0) is 15.2. The van der Waals surface area contributed by atoms with E-state index in [1.807, 2.05) is 24.3 Å². The fourth-order valence-electron chi connectivity index (χ4n) is 1.89. The summed E-state index contributed by atoms with van der Waals surface area (Å²) < 4.78 is 4.97. The lowest BCUT2D eigenvalue weighted by atomic mass is 10.1. The number of aryl methyl sites for hydroxylation is 1. The van der Waals surface area contributed by atoms with E-state index in [1.54, 1.807) is 13.0 Å². The number of hydrogen-bond donors (Lipinski definition) is 2. The molecule has 0 atom stereocenters. The number of carbonyl (C=O) groups is 1. The van der Waals surface area contributed by atoms with E-state index >= 15 is 0 Å². The summed E-state index contributed by atoms with van der Waals surface area (Å²) in [5.74, 6) is 0.110. The first-order chi connectivity index (χ1) is 10.1. The number of hydrogen-bond acceptors (Lipinski definition) is 5. The van der Waals surface area contributed by atoms with Crippen LogP contribution >= 0.6 is 0 Å². The summed E-state index contributed by atoms with van der Waals surface area (Å²) in [7, 11) is 0. The first-order valence-corrected chi connectivity index (χ1v) is 6.92. The van der Waals surface area contributed by atoms with Crippen molar-refractivity contribution in [3.05, 3.63) is 47.7 Å². The minimum atomic E-state index is -0.443. The first-order valence-electron chi connectivity index (χ1n) is 6.92. The van der Waals surface area contributed by atoms with Crippen LogP contribution in [0.15, 0.2) is 36.5 Å². The molecule has 5 heteroatoms. The van der Waals surface area contributed by atoms with Crippen LogP contribution in [0.5, 0.6) is 0 Å². The number of nitrogens with one attached hydrogen (secondary N) is 1. The van der Waals surface area contributed by atoms with Gasteiger partial charge in [0.15, 0.2) is 0 Å². The van der Waals surface area contributed by atoms with Crippen LogP contribution in [0.25, 0.3) is 0 Å². The third kappa shape index (κ3) is 3.72. The fraction of sp³-hybridized carbons (Fsp3) is 0.250. The van der Waals surface area contributed by atoms with Gasteiger partial charge < -0.3 is 15.8 Å². The average molecular weight is 285 g/mol. The van der Waals surface area contributed by atoms with Crippen molar-refractivity contribution < 1.29 is 9.53 Å². The number of nitrogens with zero attached hydrogens (tertiary/aromatic N) is 1. The van der Waals surface area contributed by atoms with Crippen LogP contribution < -0.4 is 11.1 Å². The molecule has 0 radical (unpaired) electrons. The van der Waals surface area contributed by atoms with Crippen LogP contribution in [0.2, 0.25) is 0 Å². The predicted octanol–water partition coefficient (Wildman–Crippen LogP) is 3.15. The highest BCUT2D eigenvalue weighted by atomic mass is 16.5. The summed E-state index contributed by atoms with van der Waals surface area (Å²) in [6.45, 7) is 4.17. The summed E-state index contributed by atoms with van der Waals surface area (Å²) in [6, 6.07) is 9.64. The normalized spacial score (nSPS) is 10.2. The van der Waals surface area contributed by atoms with Gasteiger partial charge in [-0.2, -0.15) is 0 Å². The minimum Gasteiger partial charge on any atom is -0.462 e. The Balaban J connectivity index is 2.20. The molecular formula is C16H19N3O2. The second-order valence-electron chi connectivity index (χ2n) is 4.55. The Hall–Kier alpha value is -2.56. The number of rotatable bonds is 5. The van der Waals surface area contributed by atoms with E-state index in [1.165, 1.54) is 11.8 Å². The second-order valence-corrected chi connectivity index (χ2v) is 4.55. The molecule has 0 aliphatic rings. The number of nitrogen functional groups attached to an aromatic ring is 1. The Kier molecular flexibility index (Phi) is 4.77. The van der Waals surface area contributed by atoms with Gasteiger partial charge in [0.25, 0.3) is 0 Å². The Morgan fingerprint density at radius 1 is 1.29 bits per heavy atom. The van der Waals surface area contributed by atoms with Crippen LogP contribution in [0.1, 0.15) is 29.8 Å². The van der Waals surface area contributed by atoms with E-state index in [4.69, 9.17) is 10.5 Å². The molecule has 1 aromatic carbocycles. The molecule has 110 valence electrons. The van der Waals surface area contributed by atoms with Gasteiger partial charge in [-0.1, -0.05) is 19.1 Å². The van der Waals surface area contributed by atoms with E-state index in [9.17, 15) is 4.79 Å². The summed E-state index contributed by atoms with van der Waals surface area (Å²) in [5, 5.41) is 3.15. The van der Waals surface area contributed by atoms with Crippen molar-refractivity contribution in [3.63, 3.8) is 0 Å². The quantitative estimate of drug-likeness (QED) is 0.825. The number of ether oxygens (including phenoxy) is 1. The third-order valence-electron chi connectivity index (χ3n) is 3.06. The van der Waals surface area contributed by atoms with Crippen molar-refractivity contribution in [3.8, 4) is 0 Å². The van der Waals surface area contributed by atoms with Crippen molar-refractivity contribution in [2.75, 3.05) is 17.7 Å². The van der Waals surface area contributed by atoms with Gasteiger partial charge in [0.2, 0.25) is 0 Å². The van der Waals surface area contributed by atoms with Gasteiger partial charge in [-0.15, -0.1) is 0 Å². The number of carbonyl (C=O) groups excluding carboxylic acids is 1. The zero-order valence-corrected chi connectivity index (χ0v) is 12.2. The Morgan fingerprint density at radius 3 is 2.62 bits per heavy atom. The van der Waals surface area contributed by atoms with Gasteiger partial charge in [0, 0.05) is 5.69 Å². The van der Waals surface area contributed by atoms with Gasteiger partial charge in [0.05, 0.1) is 24.1 Å². The van der Waals surface area contributed by atoms with Crippen LogP contribution in [-0.4, -0.2) is 17.6 Å². The average Bonchev–Trinajstić information content (AvgIpc) is 2.50. The molecule has 2 aromatic rings. The number of aromatic nitrogens is 1. The lowest BCUT2D eigenvalue weighted by Gasteiger charge is -2.09. The molecule has 0 unspecified atom stereocenters. The third-order valence-corrected chi connectivity index (χ3v) is 3.06. The summed E-state index contributed by atoms with van der Waals surface area (Å²) in [4.78, 5) is 16.0. The highest BCUT2D eigenvalue weighted by molar-refractivity contribution is 5.95. The Bertz CT molecular complexity index is 624. The van der Waals surface area contributed by atoms with E-state index in [0.717, 1.165) is 12.1 Å². The highest BCUT2D eigenvalue weighted by Gasteiger charge is 2.12. The highest BCUT2D eigenvalue weighted by Crippen LogP contribution is 2.20. The van der Waals surface area contributed by atoms with Crippen molar-refractivity contribution >= 4 is 23.2 Å². The molecule has 5 nitrogen and oxygen atoms in total. The van der Waals surface area contributed by atoms with Crippen LogP contribution in [0, 0.1) is 0 Å². The molecule has 3 N–H and O–H groups in total. The second kappa shape index (κ2) is 6.74. The lowest BCUT2D eigenvalue weighted by Crippen LogP contribution is -2.09. The molecule has 21 heavy (non-hydrogen) atoms. The molecule has 0 aliphatic heterocycles. The molecule has 0 saturated heterocycles. The number of benzene rings is 1. The number of esters is 1. The smallest absolute Gasteiger partial charge is 0.340 e. The topological polar surface area (TPSA) is 77.2 Å². The van der Waals surface area contributed by atoms with Crippen molar-refractivity contribution in [1.82, 2.24) is 4.98 Å². The molecular weight excluding hydrogens is 266 g/mol. The van der Waals surface area contributed by atoms with Gasteiger partial charge >= 0.3 is 5.97 Å². The predicted molar refractivity (Wildman–Crippen MR) is 83.7 cm³/mol. The Labute approximate surface area is 124 Å². The lowest BCUT2D eigenvalue weighted by molar-refractivity contribution is 0.0527. The Morgan fingerprint density at radius 2 is 2.00 bits per heavy atom. The minimum absolute atomic E-state index is 0.306. The van der Waals surface area contributed by atoms with Gasteiger partial charge in [-0.25, -0.2) is 9.78 Å².